The van der Waals surface area contributed by atoms with Gasteiger partial charge in [0.2, 0.25) is 0 Å². The summed E-state index contributed by atoms with van der Waals surface area (Å²) in [5.74, 6) is -1.10. The molecule has 5 nitrogen and oxygen atoms in total. The van der Waals surface area contributed by atoms with E-state index in [4.69, 9.17) is 5.11 Å². The van der Waals surface area contributed by atoms with Crippen molar-refractivity contribution in [2.24, 2.45) is 0 Å². The van der Waals surface area contributed by atoms with E-state index in [9.17, 15) is 9.59 Å². The van der Waals surface area contributed by atoms with Crippen LogP contribution in [0.4, 0.5) is 0 Å². The fraction of sp³-hybridized carbons (Fsp3) is 0.267. The van der Waals surface area contributed by atoms with Crippen LogP contribution in [0, 0.1) is 6.92 Å². The van der Waals surface area contributed by atoms with Crippen molar-refractivity contribution >= 4 is 23.2 Å². The highest BCUT2D eigenvalue weighted by Gasteiger charge is 2.19. The van der Waals surface area contributed by atoms with Gasteiger partial charge >= 0.3 is 5.97 Å². The highest BCUT2D eigenvalue weighted by molar-refractivity contribution is 7.17. The van der Waals surface area contributed by atoms with Crippen molar-refractivity contribution in [2.45, 2.75) is 13.3 Å². The second kappa shape index (κ2) is 6.49. The second-order valence-corrected chi connectivity index (χ2v) is 5.67. The van der Waals surface area contributed by atoms with E-state index in [-0.39, 0.29) is 18.9 Å². The van der Waals surface area contributed by atoms with Crippen LogP contribution in [0.25, 0.3) is 10.6 Å². The lowest BCUT2D eigenvalue weighted by molar-refractivity contribution is -0.137. The summed E-state index contributed by atoms with van der Waals surface area (Å²) in [4.78, 5) is 29.3. The highest BCUT2D eigenvalue weighted by Crippen LogP contribution is 2.28. The first-order chi connectivity index (χ1) is 9.99. The Morgan fingerprint density at radius 2 is 1.95 bits per heavy atom. The molecule has 2 rings (SSSR count). The highest BCUT2D eigenvalue weighted by atomic mass is 32.1. The van der Waals surface area contributed by atoms with E-state index in [0.717, 1.165) is 10.6 Å². The Balaban J connectivity index is 2.19. The number of aryl methyl sites for hydroxylation is 1. The van der Waals surface area contributed by atoms with E-state index in [1.165, 1.54) is 16.2 Å². The molecule has 6 heteroatoms. The third-order valence-electron chi connectivity index (χ3n) is 3.02. The van der Waals surface area contributed by atoms with Crippen LogP contribution < -0.4 is 0 Å². The third-order valence-corrected chi connectivity index (χ3v) is 4.21. The molecule has 0 atom stereocenters. The molecule has 0 spiro atoms. The predicted octanol–water partition coefficient (Wildman–Crippen LogP) is 2.67. The van der Waals surface area contributed by atoms with Crippen molar-refractivity contribution < 1.29 is 14.7 Å². The Morgan fingerprint density at radius 3 is 2.57 bits per heavy atom. The normalized spacial score (nSPS) is 10.4. The maximum Gasteiger partial charge on any atom is 0.305 e. The molecule has 0 saturated heterocycles. The molecule has 1 amide bonds. The molecule has 0 radical (unpaired) electrons. The van der Waals surface area contributed by atoms with Crippen LogP contribution in [0.2, 0.25) is 0 Å². The van der Waals surface area contributed by atoms with Crippen LogP contribution in [-0.2, 0) is 4.79 Å². The lowest BCUT2D eigenvalue weighted by Gasteiger charge is -2.14. The molecule has 0 aliphatic rings. The molecule has 2 aromatic rings. The van der Waals surface area contributed by atoms with Gasteiger partial charge in [-0.3, -0.25) is 9.59 Å². The van der Waals surface area contributed by atoms with Crippen molar-refractivity contribution in [3.63, 3.8) is 0 Å². The summed E-state index contributed by atoms with van der Waals surface area (Å²) in [5, 5.41) is 9.47. The number of thiazole rings is 1. The monoisotopic (exact) mass is 304 g/mol. The minimum Gasteiger partial charge on any atom is -0.481 e. The van der Waals surface area contributed by atoms with Gasteiger partial charge in [-0.05, 0) is 6.92 Å². The van der Waals surface area contributed by atoms with Gasteiger partial charge in [0.15, 0.2) is 0 Å². The quantitative estimate of drug-likeness (QED) is 0.922. The van der Waals surface area contributed by atoms with Crippen LogP contribution in [0.5, 0.6) is 0 Å². The number of benzene rings is 1. The summed E-state index contributed by atoms with van der Waals surface area (Å²) in [6.45, 7) is 1.98. The van der Waals surface area contributed by atoms with Crippen molar-refractivity contribution in [3.8, 4) is 10.6 Å². The lowest BCUT2D eigenvalue weighted by Crippen LogP contribution is -2.28. The van der Waals surface area contributed by atoms with Gasteiger partial charge in [0.25, 0.3) is 5.91 Å². The summed E-state index contributed by atoms with van der Waals surface area (Å²) in [7, 11) is 1.60. The number of hydrogen-bond acceptors (Lipinski definition) is 4. The molecule has 0 aliphatic heterocycles. The number of aromatic nitrogens is 1. The van der Waals surface area contributed by atoms with Gasteiger partial charge in [-0.15, -0.1) is 11.3 Å². The van der Waals surface area contributed by atoms with E-state index in [1.807, 2.05) is 30.3 Å². The zero-order valence-corrected chi connectivity index (χ0v) is 12.7. The molecule has 0 aliphatic carbocycles. The van der Waals surface area contributed by atoms with Crippen molar-refractivity contribution in [1.29, 1.82) is 0 Å². The van der Waals surface area contributed by atoms with Crippen LogP contribution in [0.1, 0.15) is 21.8 Å². The number of aliphatic carboxylic acids is 1. The van der Waals surface area contributed by atoms with Gasteiger partial charge < -0.3 is 10.0 Å². The third kappa shape index (κ3) is 3.66. The minimum absolute atomic E-state index is 0.0639. The summed E-state index contributed by atoms with van der Waals surface area (Å²) >= 11 is 1.33. The molecule has 0 bridgehead atoms. The van der Waals surface area contributed by atoms with E-state index < -0.39 is 5.97 Å². The number of nitrogens with zero attached hydrogens (tertiary/aromatic N) is 2. The summed E-state index contributed by atoms with van der Waals surface area (Å²) < 4.78 is 0. The van der Waals surface area contributed by atoms with E-state index >= 15 is 0 Å². The molecule has 110 valence electrons. The molecule has 1 N–H and O–H groups in total. The van der Waals surface area contributed by atoms with Crippen molar-refractivity contribution in [2.75, 3.05) is 13.6 Å². The summed E-state index contributed by atoms with van der Waals surface area (Å²) in [6, 6.07) is 9.66. The average Bonchev–Trinajstić information content (AvgIpc) is 2.86. The Labute approximate surface area is 126 Å². The number of carbonyl (C=O) groups excluding carboxylic acids is 1. The second-order valence-electron chi connectivity index (χ2n) is 4.67. The molecular formula is C15H16N2O3S. The van der Waals surface area contributed by atoms with Crippen molar-refractivity contribution in [1.82, 2.24) is 9.88 Å². The smallest absolute Gasteiger partial charge is 0.305 e. The molecule has 1 aromatic carbocycles. The molecule has 0 saturated carbocycles. The molecule has 1 heterocycles. The van der Waals surface area contributed by atoms with E-state index in [1.54, 1.807) is 14.0 Å². The maximum absolute atomic E-state index is 12.3. The first-order valence-corrected chi connectivity index (χ1v) is 7.31. The zero-order chi connectivity index (χ0) is 15.4. The minimum atomic E-state index is -0.916. The molecule has 21 heavy (non-hydrogen) atoms. The first-order valence-electron chi connectivity index (χ1n) is 6.49. The largest absolute Gasteiger partial charge is 0.481 e. The molecule has 0 fully saturated rings. The van der Waals surface area contributed by atoms with Gasteiger partial charge in [-0.2, -0.15) is 0 Å². The van der Waals surface area contributed by atoms with Crippen LogP contribution in [-0.4, -0.2) is 40.5 Å². The number of hydrogen-bond donors (Lipinski definition) is 1. The van der Waals surface area contributed by atoms with Crippen molar-refractivity contribution in [3.05, 3.63) is 40.9 Å². The maximum atomic E-state index is 12.3. The van der Waals surface area contributed by atoms with Gasteiger partial charge in [0.05, 0.1) is 12.1 Å². The van der Waals surface area contributed by atoms with E-state index in [2.05, 4.69) is 4.98 Å². The van der Waals surface area contributed by atoms with Gasteiger partial charge in [-0.25, -0.2) is 4.98 Å². The Bertz CT molecular complexity index is 652. The summed E-state index contributed by atoms with van der Waals surface area (Å²) in [5.41, 5.74) is 1.64. The number of carbonyl (C=O) groups is 2. The Morgan fingerprint density at radius 1 is 1.29 bits per heavy atom. The lowest BCUT2D eigenvalue weighted by atomic mass is 10.2. The number of carboxylic acids is 1. The zero-order valence-electron chi connectivity index (χ0n) is 11.9. The average molecular weight is 304 g/mol. The fourth-order valence-electron chi connectivity index (χ4n) is 1.84. The van der Waals surface area contributed by atoms with Crippen LogP contribution in [0.3, 0.4) is 0 Å². The molecule has 0 unspecified atom stereocenters. The first kappa shape index (κ1) is 15.2. The number of amides is 1. The van der Waals surface area contributed by atoms with Crippen LogP contribution >= 0.6 is 11.3 Å². The molecular weight excluding hydrogens is 288 g/mol. The van der Waals surface area contributed by atoms with E-state index in [0.29, 0.717) is 10.6 Å². The fourth-order valence-corrected chi connectivity index (χ4v) is 2.90. The van der Waals surface area contributed by atoms with Gasteiger partial charge in [0.1, 0.15) is 9.88 Å². The van der Waals surface area contributed by atoms with Crippen LogP contribution in [0.15, 0.2) is 30.3 Å². The Kier molecular flexibility index (Phi) is 4.70. The standard InChI is InChI=1S/C15H16N2O3S/c1-10-13(15(20)17(2)9-8-12(18)19)21-14(16-10)11-6-4-3-5-7-11/h3-7H,8-9H2,1-2H3,(H,18,19). The number of carboxylic acid groups (broad SMARTS) is 1. The Hall–Kier alpha value is -2.21. The number of rotatable bonds is 5. The van der Waals surface area contributed by atoms with Gasteiger partial charge in [0, 0.05) is 19.2 Å². The summed E-state index contributed by atoms with van der Waals surface area (Å²) in [6.07, 6.45) is -0.0639. The SMILES string of the molecule is Cc1nc(-c2ccccc2)sc1C(=O)N(C)CCC(=O)O. The predicted molar refractivity (Wildman–Crippen MR) is 81.5 cm³/mol. The van der Waals surface area contributed by atoms with Gasteiger partial charge in [-0.1, -0.05) is 30.3 Å². The molecule has 1 aromatic heterocycles. The topological polar surface area (TPSA) is 70.5 Å².